The van der Waals surface area contributed by atoms with Gasteiger partial charge < -0.3 is 10.4 Å². The Morgan fingerprint density at radius 3 is 3.19 bits per heavy atom. The molecule has 2 N–H and O–H groups in total. The molecule has 0 aromatic carbocycles. The zero-order valence-corrected chi connectivity index (χ0v) is 8.61. The molecule has 1 atom stereocenters. The first-order valence-electron chi connectivity index (χ1n) is 5.28. The summed E-state index contributed by atoms with van der Waals surface area (Å²) < 4.78 is 1.56. The normalized spacial score (nSPS) is 17.6. The van der Waals surface area contributed by atoms with Gasteiger partial charge in [0.05, 0.1) is 18.5 Å². The Labute approximate surface area is 91.5 Å². The van der Waals surface area contributed by atoms with Gasteiger partial charge in [0.25, 0.3) is 0 Å². The lowest BCUT2D eigenvalue weighted by atomic mass is 10.2. The summed E-state index contributed by atoms with van der Waals surface area (Å²) in [6, 6.07) is 0. The Morgan fingerprint density at radius 1 is 1.50 bits per heavy atom. The van der Waals surface area contributed by atoms with E-state index >= 15 is 0 Å². The lowest BCUT2D eigenvalue weighted by Gasteiger charge is -2.11. The predicted molar refractivity (Wildman–Crippen MR) is 55.8 cm³/mol. The van der Waals surface area contributed by atoms with Crippen molar-refractivity contribution in [3.8, 4) is 0 Å². The molecule has 1 fully saturated rings. The van der Waals surface area contributed by atoms with Crippen molar-refractivity contribution in [3.63, 3.8) is 0 Å². The maximum atomic E-state index is 9.73. The molecule has 1 unspecified atom stereocenters. The number of nitrogens with one attached hydrogen (secondary N) is 1. The Balaban J connectivity index is 1.75. The molecule has 0 amide bonds. The van der Waals surface area contributed by atoms with Gasteiger partial charge in [0, 0.05) is 6.54 Å². The molecule has 1 saturated carbocycles. The van der Waals surface area contributed by atoms with Crippen LogP contribution in [0.3, 0.4) is 0 Å². The third kappa shape index (κ3) is 1.69. The summed E-state index contributed by atoms with van der Waals surface area (Å²) in [5.41, 5.74) is 0.589. The van der Waals surface area contributed by atoms with Gasteiger partial charge in [-0.1, -0.05) is 0 Å². The van der Waals surface area contributed by atoms with Gasteiger partial charge in [-0.3, -0.25) is 4.98 Å². The Bertz CT molecular complexity index is 493. The number of hydrogen-bond acceptors (Lipinski definition) is 6. The zero-order valence-electron chi connectivity index (χ0n) is 8.61. The number of anilines is 1. The summed E-state index contributed by atoms with van der Waals surface area (Å²) in [7, 11) is 0. The number of hydrogen-bond donors (Lipinski definition) is 2. The van der Waals surface area contributed by atoms with Crippen molar-refractivity contribution < 1.29 is 5.11 Å². The van der Waals surface area contributed by atoms with E-state index in [1.165, 1.54) is 0 Å². The minimum Gasteiger partial charge on any atom is -0.391 e. The molecule has 7 nitrogen and oxygen atoms in total. The third-order valence-electron chi connectivity index (χ3n) is 2.77. The minimum atomic E-state index is -0.299. The van der Waals surface area contributed by atoms with Crippen molar-refractivity contribution in [1.82, 2.24) is 25.0 Å². The van der Waals surface area contributed by atoms with Crippen LogP contribution in [0, 0.1) is 5.92 Å². The van der Waals surface area contributed by atoms with Gasteiger partial charge in [-0.05, 0) is 29.2 Å². The van der Waals surface area contributed by atoms with E-state index in [2.05, 4.69) is 25.8 Å². The second-order valence-corrected chi connectivity index (χ2v) is 4.03. The molecule has 1 aliphatic carbocycles. The molecule has 7 heteroatoms. The first kappa shape index (κ1) is 9.46. The van der Waals surface area contributed by atoms with Gasteiger partial charge in [-0.2, -0.15) is 4.52 Å². The van der Waals surface area contributed by atoms with Crippen LogP contribution in [-0.2, 0) is 0 Å². The van der Waals surface area contributed by atoms with Crippen molar-refractivity contribution >= 4 is 11.5 Å². The lowest BCUT2D eigenvalue weighted by molar-refractivity contribution is 0.164. The van der Waals surface area contributed by atoms with Crippen LogP contribution >= 0.6 is 0 Å². The van der Waals surface area contributed by atoms with Crippen LogP contribution in [0.25, 0.3) is 5.65 Å². The minimum absolute atomic E-state index is 0.299. The molecule has 1 aliphatic rings. The fourth-order valence-electron chi connectivity index (χ4n) is 1.65. The monoisotopic (exact) mass is 220 g/mol. The molecule has 2 heterocycles. The first-order valence-corrected chi connectivity index (χ1v) is 5.28. The molecule has 3 rings (SSSR count). The van der Waals surface area contributed by atoms with Crippen LogP contribution in [0.1, 0.15) is 12.8 Å². The highest BCUT2D eigenvalue weighted by atomic mass is 16.3. The van der Waals surface area contributed by atoms with Crippen LogP contribution < -0.4 is 5.32 Å². The predicted octanol–water partition coefficient (Wildman–Crippen LogP) is -0.298. The van der Waals surface area contributed by atoms with E-state index in [9.17, 15) is 5.11 Å². The largest absolute Gasteiger partial charge is 0.391 e. The molecule has 2 aromatic rings. The summed E-state index contributed by atoms with van der Waals surface area (Å²) >= 11 is 0. The fourth-order valence-corrected chi connectivity index (χ4v) is 1.65. The topological polar surface area (TPSA) is 88.2 Å². The molecule has 2 aromatic heterocycles. The number of rotatable bonds is 4. The number of tetrazole rings is 1. The highest BCUT2D eigenvalue weighted by Gasteiger charge is 2.29. The second kappa shape index (κ2) is 3.67. The molecule has 0 spiro atoms. The standard InChI is InChI=1S/C9H12N6O/c16-7(6-1-2-6)3-11-8-4-10-5-9-12-13-14-15(8)9/h4-7,11,16H,1-3H2. The molecule has 0 aliphatic heterocycles. The van der Waals surface area contributed by atoms with Crippen LogP contribution in [0.4, 0.5) is 5.82 Å². The Morgan fingerprint density at radius 2 is 2.38 bits per heavy atom. The maximum Gasteiger partial charge on any atom is 0.199 e. The van der Waals surface area contributed by atoms with E-state index in [-0.39, 0.29) is 6.10 Å². The fraction of sp³-hybridized carbons (Fsp3) is 0.556. The lowest BCUT2D eigenvalue weighted by Crippen LogP contribution is -2.22. The highest BCUT2D eigenvalue weighted by molar-refractivity contribution is 5.43. The van der Waals surface area contributed by atoms with Crippen LogP contribution in [0.15, 0.2) is 12.4 Å². The number of aromatic nitrogens is 5. The summed E-state index contributed by atoms with van der Waals surface area (Å²) in [5.74, 6) is 1.15. The quantitative estimate of drug-likeness (QED) is 0.735. The highest BCUT2D eigenvalue weighted by Crippen LogP contribution is 2.32. The molecular formula is C9H12N6O. The summed E-state index contributed by atoms with van der Waals surface area (Å²) in [5, 5.41) is 24.0. The van der Waals surface area contributed by atoms with Gasteiger partial charge in [-0.25, -0.2) is 0 Å². The molecule has 0 radical (unpaired) electrons. The van der Waals surface area contributed by atoms with Crippen molar-refractivity contribution in [2.24, 2.45) is 5.92 Å². The van der Waals surface area contributed by atoms with Crippen LogP contribution in [0.5, 0.6) is 0 Å². The number of aliphatic hydroxyl groups is 1. The van der Waals surface area contributed by atoms with Gasteiger partial charge in [0.2, 0.25) is 0 Å². The van der Waals surface area contributed by atoms with Crippen molar-refractivity contribution in [2.45, 2.75) is 18.9 Å². The zero-order chi connectivity index (χ0) is 11.0. The van der Waals surface area contributed by atoms with E-state index in [1.54, 1.807) is 16.9 Å². The van der Waals surface area contributed by atoms with Crippen molar-refractivity contribution in [1.29, 1.82) is 0 Å². The number of aliphatic hydroxyl groups excluding tert-OH is 1. The van der Waals surface area contributed by atoms with Crippen LogP contribution in [-0.4, -0.2) is 42.8 Å². The smallest absolute Gasteiger partial charge is 0.199 e. The summed E-state index contributed by atoms with van der Waals surface area (Å²) in [6.07, 6.45) is 5.17. The van der Waals surface area contributed by atoms with Gasteiger partial charge >= 0.3 is 0 Å². The van der Waals surface area contributed by atoms with Gasteiger partial charge in [0.1, 0.15) is 0 Å². The average molecular weight is 220 g/mol. The molecular weight excluding hydrogens is 208 g/mol. The first-order chi connectivity index (χ1) is 7.84. The van der Waals surface area contributed by atoms with E-state index in [0.29, 0.717) is 23.9 Å². The Kier molecular flexibility index (Phi) is 2.17. The number of fused-ring (bicyclic) bond motifs is 1. The van der Waals surface area contributed by atoms with E-state index < -0.39 is 0 Å². The second-order valence-electron chi connectivity index (χ2n) is 4.03. The van der Waals surface area contributed by atoms with E-state index in [0.717, 1.165) is 12.8 Å². The van der Waals surface area contributed by atoms with Crippen LogP contribution in [0.2, 0.25) is 0 Å². The van der Waals surface area contributed by atoms with Gasteiger partial charge in [-0.15, -0.1) is 5.10 Å². The van der Waals surface area contributed by atoms with Crippen molar-refractivity contribution in [2.75, 3.05) is 11.9 Å². The average Bonchev–Trinajstić information content (AvgIpc) is 3.04. The molecule has 16 heavy (non-hydrogen) atoms. The summed E-state index contributed by atoms with van der Waals surface area (Å²) in [6.45, 7) is 0.505. The van der Waals surface area contributed by atoms with E-state index in [1.807, 2.05) is 0 Å². The Hall–Kier alpha value is -1.76. The third-order valence-corrected chi connectivity index (χ3v) is 2.77. The molecule has 0 saturated heterocycles. The SMILES string of the molecule is OC(CNc1cncc2nnnn12)C1CC1. The summed E-state index contributed by atoms with van der Waals surface area (Å²) in [4.78, 5) is 4.02. The number of nitrogens with zero attached hydrogens (tertiary/aromatic N) is 5. The van der Waals surface area contributed by atoms with E-state index in [4.69, 9.17) is 0 Å². The molecule has 84 valence electrons. The van der Waals surface area contributed by atoms with Crippen molar-refractivity contribution in [3.05, 3.63) is 12.4 Å². The maximum absolute atomic E-state index is 9.73. The molecule has 0 bridgehead atoms. The van der Waals surface area contributed by atoms with Gasteiger partial charge in [0.15, 0.2) is 11.5 Å².